The Hall–Kier alpha value is -3.70. The lowest BCUT2D eigenvalue weighted by Gasteiger charge is -2.51. The highest BCUT2D eigenvalue weighted by Crippen LogP contribution is 2.47. The lowest BCUT2D eigenvalue weighted by atomic mass is 9.74. The van der Waals surface area contributed by atoms with Gasteiger partial charge in [-0.15, -0.1) is 0 Å². The van der Waals surface area contributed by atoms with Gasteiger partial charge in [-0.3, -0.25) is 14.4 Å². The van der Waals surface area contributed by atoms with Crippen LogP contribution in [0.25, 0.3) is 0 Å². The van der Waals surface area contributed by atoms with Crippen LogP contribution < -0.4 is 0 Å². The maximum absolute atomic E-state index is 13.6. The molecule has 0 spiro atoms. The summed E-state index contributed by atoms with van der Waals surface area (Å²) in [6.07, 6.45) is 0.421. The molecule has 3 N–H and O–H groups in total. The molecule has 0 aromatic heterocycles. The Kier molecular flexibility index (Phi) is 19.6. The van der Waals surface area contributed by atoms with Crippen molar-refractivity contribution in [3.63, 3.8) is 0 Å². The van der Waals surface area contributed by atoms with Crippen LogP contribution in [0, 0.1) is 10.8 Å². The maximum atomic E-state index is 13.6. The number of carbonyl (C=O) groups excluding carboxylic acids is 4. The molecule has 15 nitrogen and oxygen atoms in total. The zero-order valence-corrected chi connectivity index (χ0v) is 37.6. The second-order valence-corrected chi connectivity index (χ2v) is 18.0. The molecule has 4 bridgehead atoms. The number of rotatable bonds is 14. The van der Waals surface area contributed by atoms with Crippen molar-refractivity contribution >= 4 is 23.9 Å². The van der Waals surface area contributed by atoms with Crippen molar-refractivity contribution in [2.75, 3.05) is 20.3 Å². The maximum Gasteiger partial charge on any atom is 0.330 e. The number of cyclic esters (lactones) is 2. The second kappa shape index (κ2) is 23.8. The first-order valence-electron chi connectivity index (χ1n) is 22.1. The van der Waals surface area contributed by atoms with Gasteiger partial charge < -0.3 is 53.2 Å². The van der Waals surface area contributed by atoms with E-state index < -0.39 is 102 Å². The number of aliphatic hydroxyl groups is 3. The van der Waals surface area contributed by atoms with Gasteiger partial charge in [-0.05, 0) is 43.4 Å². The van der Waals surface area contributed by atoms with Crippen molar-refractivity contribution in [3.8, 4) is 0 Å². The summed E-state index contributed by atoms with van der Waals surface area (Å²) in [6.45, 7) is 10.8. The Morgan fingerprint density at radius 3 is 2.35 bits per heavy atom. The highest BCUT2D eigenvalue weighted by molar-refractivity contribution is 5.83. The van der Waals surface area contributed by atoms with Crippen LogP contribution in [0.3, 0.4) is 0 Å². The summed E-state index contributed by atoms with van der Waals surface area (Å²) in [5.74, 6) is -5.26. The molecule has 3 aliphatic rings. The van der Waals surface area contributed by atoms with Gasteiger partial charge in [-0.25, -0.2) is 4.79 Å². The van der Waals surface area contributed by atoms with Crippen molar-refractivity contribution < 1.29 is 72.4 Å². The third-order valence-electron chi connectivity index (χ3n) is 11.9. The van der Waals surface area contributed by atoms with E-state index in [-0.39, 0.29) is 51.1 Å². The fourth-order valence-electron chi connectivity index (χ4n) is 7.74. The summed E-state index contributed by atoms with van der Waals surface area (Å²) in [6, 6.07) is 9.38. The van der Waals surface area contributed by atoms with E-state index in [0.29, 0.717) is 12.8 Å². The monoisotopic (exact) mass is 874 g/mol. The average molecular weight is 875 g/mol. The Labute approximate surface area is 366 Å². The smallest absolute Gasteiger partial charge is 0.330 e. The van der Waals surface area contributed by atoms with Crippen LogP contribution in [0.15, 0.2) is 54.1 Å². The van der Waals surface area contributed by atoms with Crippen LogP contribution >= 0.6 is 0 Å². The van der Waals surface area contributed by atoms with Gasteiger partial charge in [0.1, 0.15) is 12.2 Å². The number of unbranched alkanes of at least 4 members (excludes halogenated alkanes) is 4. The van der Waals surface area contributed by atoms with Crippen molar-refractivity contribution in [2.45, 2.75) is 180 Å². The third-order valence-corrected chi connectivity index (χ3v) is 11.9. The number of benzene rings is 1. The molecule has 2 fully saturated rings. The van der Waals surface area contributed by atoms with Gasteiger partial charge in [0.25, 0.3) is 0 Å². The molecule has 62 heavy (non-hydrogen) atoms. The average Bonchev–Trinajstić information content (AvgIpc) is 3.22. The molecule has 3 aliphatic heterocycles. The SMILES string of the molecule is CCCCCCCC(=O)O[C@H]1C(=CC(=O)OC)C[C@H]2C[C@H]([C@@H](C)OCc3ccccc3)OC(=O)C[C@H](O)CC(=O)O[C@H](C(C)(C)CO)C[C@@H]3CCO[C@H](C=CC(C)(C)[C@]1(O)O2)O3. The molecule has 4 rings (SSSR count). The van der Waals surface area contributed by atoms with Gasteiger partial charge in [-0.1, -0.05) is 96.7 Å². The minimum absolute atomic E-state index is 0.0402. The fraction of sp³-hybridized carbons (Fsp3) is 0.702. The van der Waals surface area contributed by atoms with Gasteiger partial charge in [0.05, 0.1) is 64.2 Å². The lowest BCUT2D eigenvalue weighted by Crippen LogP contribution is -2.62. The van der Waals surface area contributed by atoms with E-state index in [1.165, 1.54) is 13.2 Å². The van der Waals surface area contributed by atoms with Gasteiger partial charge in [0.2, 0.25) is 5.79 Å². The Balaban J connectivity index is 1.78. The Bertz CT molecular complexity index is 1660. The summed E-state index contributed by atoms with van der Waals surface area (Å²) >= 11 is 0. The van der Waals surface area contributed by atoms with E-state index in [1.54, 1.807) is 46.8 Å². The molecule has 1 aromatic rings. The first-order chi connectivity index (χ1) is 29.4. The molecule has 348 valence electrons. The largest absolute Gasteiger partial charge is 0.466 e. The zero-order chi connectivity index (χ0) is 45.5. The molecule has 1 aromatic carbocycles. The molecule has 0 saturated carbocycles. The van der Waals surface area contributed by atoms with Crippen molar-refractivity contribution in [1.82, 2.24) is 0 Å². The van der Waals surface area contributed by atoms with Crippen LogP contribution in [0.5, 0.6) is 0 Å². The number of hydrogen-bond donors (Lipinski definition) is 3. The van der Waals surface area contributed by atoms with Crippen molar-refractivity contribution in [2.24, 2.45) is 10.8 Å². The van der Waals surface area contributed by atoms with Crippen LogP contribution in [-0.2, 0) is 63.7 Å². The van der Waals surface area contributed by atoms with Crippen LogP contribution in [-0.4, -0.2) is 114 Å². The van der Waals surface area contributed by atoms with E-state index in [4.69, 9.17) is 37.9 Å². The highest BCUT2D eigenvalue weighted by atomic mass is 16.7. The van der Waals surface area contributed by atoms with Gasteiger partial charge in [0, 0.05) is 36.2 Å². The zero-order valence-electron chi connectivity index (χ0n) is 37.6. The van der Waals surface area contributed by atoms with E-state index in [0.717, 1.165) is 31.2 Å². The fourth-order valence-corrected chi connectivity index (χ4v) is 7.74. The number of fused-ring (bicyclic) bond motifs is 4. The Morgan fingerprint density at radius 1 is 0.984 bits per heavy atom. The Morgan fingerprint density at radius 2 is 1.68 bits per heavy atom. The predicted octanol–water partition coefficient (Wildman–Crippen LogP) is 5.93. The number of esters is 4. The van der Waals surface area contributed by atoms with E-state index in [9.17, 15) is 34.5 Å². The molecule has 2 saturated heterocycles. The summed E-state index contributed by atoms with van der Waals surface area (Å²) in [5.41, 5.74) is -1.21. The first kappa shape index (κ1) is 50.9. The summed E-state index contributed by atoms with van der Waals surface area (Å²) in [4.78, 5) is 53.3. The highest BCUT2D eigenvalue weighted by Gasteiger charge is 2.58. The molecule has 0 amide bonds. The summed E-state index contributed by atoms with van der Waals surface area (Å²) in [7, 11) is 1.21. The summed E-state index contributed by atoms with van der Waals surface area (Å²) < 4.78 is 48.0. The normalized spacial score (nSPS) is 30.1. The molecular weight excluding hydrogens is 805 g/mol. The second-order valence-electron chi connectivity index (χ2n) is 18.0. The number of hydrogen-bond acceptors (Lipinski definition) is 15. The molecule has 0 unspecified atom stereocenters. The number of carbonyl (C=O) groups is 4. The van der Waals surface area contributed by atoms with Crippen LogP contribution in [0.4, 0.5) is 0 Å². The quantitative estimate of drug-likeness (QED) is 0.0652. The molecule has 9 atom stereocenters. The molecular formula is C47H70O15. The molecule has 0 aliphatic carbocycles. The number of methoxy groups -OCH3 is 1. The van der Waals surface area contributed by atoms with E-state index in [1.807, 2.05) is 30.3 Å². The third kappa shape index (κ3) is 15.0. The summed E-state index contributed by atoms with van der Waals surface area (Å²) in [5, 5.41) is 34.2. The van der Waals surface area contributed by atoms with Crippen molar-refractivity contribution in [3.05, 3.63) is 59.7 Å². The first-order valence-corrected chi connectivity index (χ1v) is 22.1. The predicted molar refractivity (Wildman–Crippen MR) is 226 cm³/mol. The lowest BCUT2D eigenvalue weighted by molar-refractivity contribution is -0.328. The standard InChI is InChI=1S/C47H70O15/c1-8-9-10-11-15-18-39(50)61-44-33(24-40(51)55-7)23-36-27-37(31(2)57-29-32-16-13-12-14-17-32)59-41(52)25-34(49)26-42(53)60-38(45(3,4)30-48)28-35-20-22-56-43(58-35)19-21-46(5,6)47(44,54)62-36/h12-14,16-17,19,21,24,31,34-38,43-44,48-49,54H,8-11,15,18,20,22-23,25-30H2,1-7H3/t31-,34+,35+,36+,37-,38+,43+,44+,47-/m1/s1. The molecule has 15 heteroatoms. The van der Waals surface area contributed by atoms with E-state index in [2.05, 4.69) is 6.92 Å². The molecule has 3 heterocycles. The van der Waals surface area contributed by atoms with Crippen LogP contribution in [0.2, 0.25) is 0 Å². The van der Waals surface area contributed by atoms with Crippen molar-refractivity contribution in [1.29, 1.82) is 0 Å². The van der Waals surface area contributed by atoms with Gasteiger partial charge in [-0.2, -0.15) is 0 Å². The van der Waals surface area contributed by atoms with Gasteiger partial charge >= 0.3 is 23.9 Å². The minimum atomic E-state index is -2.33. The topological polar surface area (TPSA) is 203 Å². The van der Waals surface area contributed by atoms with Gasteiger partial charge in [0.15, 0.2) is 12.4 Å². The number of aliphatic hydroxyl groups excluding tert-OH is 2. The van der Waals surface area contributed by atoms with Crippen LogP contribution in [0.1, 0.15) is 124 Å². The van der Waals surface area contributed by atoms with E-state index >= 15 is 0 Å². The minimum Gasteiger partial charge on any atom is -0.466 e. The number of ether oxygens (including phenoxy) is 8. The molecule has 0 radical (unpaired) electrons.